The number of aryl methyl sites for hydroxylation is 2. The van der Waals surface area contributed by atoms with Crippen molar-refractivity contribution in [3.05, 3.63) is 45.8 Å². The Morgan fingerprint density at radius 2 is 1.83 bits per heavy atom. The Kier molecular flexibility index (Phi) is 7.84. The number of aromatic nitrogens is 2. The summed E-state index contributed by atoms with van der Waals surface area (Å²) in [5.41, 5.74) is 5.12. The summed E-state index contributed by atoms with van der Waals surface area (Å²) in [5, 5.41) is 6.22. The topological polar surface area (TPSA) is 85.7 Å². The third-order valence-electron chi connectivity index (χ3n) is 4.55. The Balaban J connectivity index is 0.000000269. The summed E-state index contributed by atoms with van der Waals surface area (Å²) in [5.74, 6) is 2.26. The Hall–Kier alpha value is -2.42. The van der Waals surface area contributed by atoms with E-state index >= 15 is 0 Å². The molecule has 8 nitrogen and oxygen atoms in total. The number of hydrazine groups is 1. The summed E-state index contributed by atoms with van der Waals surface area (Å²) in [6.07, 6.45) is 1.71. The molecule has 0 saturated carbocycles. The van der Waals surface area contributed by atoms with Crippen LogP contribution >= 0.6 is 23.2 Å². The minimum Gasteiger partial charge on any atom is -0.343 e. The predicted octanol–water partition coefficient (Wildman–Crippen LogP) is 2.89. The van der Waals surface area contributed by atoms with Gasteiger partial charge in [0, 0.05) is 50.9 Å². The third-order valence-corrected chi connectivity index (χ3v) is 5.29. The number of hydrogen-bond donors (Lipinski definition) is 2. The van der Waals surface area contributed by atoms with Gasteiger partial charge in [0.25, 0.3) is 0 Å². The Morgan fingerprint density at radius 3 is 2.47 bits per heavy atom. The normalized spacial score (nSPS) is 17.4. The Bertz CT molecular complexity index is 896. The van der Waals surface area contributed by atoms with Crippen molar-refractivity contribution in [2.75, 3.05) is 37.7 Å². The lowest BCUT2D eigenvalue weighted by molar-refractivity contribution is -0.118. The van der Waals surface area contributed by atoms with Crippen LogP contribution in [0.4, 0.5) is 11.5 Å². The number of nitrogens with one attached hydrogen (secondary N) is 2. The maximum Gasteiger partial charge on any atom is 0.209 e. The second-order valence-electron chi connectivity index (χ2n) is 6.98. The fourth-order valence-corrected chi connectivity index (χ4v) is 3.39. The lowest BCUT2D eigenvalue weighted by Crippen LogP contribution is -2.42. The molecule has 2 N–H and O–H groups in total. The Labute approximate surface area is 186 Å². The molecule has 0 bridgehead atoms. The van der Waals surface area contributed by atoms with Gasteiger partial charge in [-0.05, 0) is 32.0 Å². The summed E-state index contributed by atoms with van der Waals surface area (Å²) in [6, 6.07) is 7.40. The minimum atomic E-state index is 0.536. The highest BCUT2D eigenvalue weighted by Crippen LogP contribution is 2.27. The van der Waals surface area contributed by atoms with E-state index in [9.17, 15) is 4.79 Å². The molecule has 1 aromatic heterocycles. The van der Waals surface area contributed by atoms with Gasteiger partial charge in [0.05, 0.1) is 15.7 Å². The molecular weight excluding hydrogens is 425 g/mol. The molecule has 160 valence electrons. The minimum absolute atomic E-state index is 0.536. The van der Waals surface area contributed by atoms with Crippen LogP contribution in [0.3, 0.4) is 0 Å². The van der Waals surface area contributed by atoms with E-state index in [2.05, 4.69) is 25.7 Å². The number of nitrogens with zero attached hydrogens (tertiary/aromatic N) is 5. The number of piperazine rings is 1. The molecule has 0 aliphatic carbocycles. The highest BCUT2D eigenvalue weighted by Gasteiger charge is 2.18. The van der Waals surface area contributed by atoms with Crippen LogP contribution in [0.1, 0.15) is 17.9 Å². The lowest BCUT2D eigenvalue weighted by Gasteiger charge is -2.22. The number of rotatable bonds is 3. The molecule has 2 aliphatic rings. The van der Waals surface area contributed by atoms with Crippen molar-refractivity contribution in [2.24, 2.45) is 4.99 Å². The first-order valence-electron chi connectivity index (χ1n) is 9.74. The summed E-state index contributed by atoms with van der Waals surface area (Å²) in [6.45, 7) is 8.22. The number of amides is 1. The molecule has 1 aromatic carbocycles. The van der Waals surface area contributed by atoms with E-state index in [1.54, 1.807) is 11.0 Å². The molecule has 0 spiro atoms. The van der Waals surface area contributed by atoms with Gasteiger partial charge in [-0.25, -0.2) is 15.0 Å². The van der Waals surface area contributed by atoms with Crippen molar-refractivity contribution in [1.82, 2.24) is 25.6 Å². The standard InChI is InChI=1S/C15H15Cl2N5.C5H10N2O/c1-9-7-15(19-10(2)18-9)20-14-5-6-22(21-14)11-3-4-12(16)13(17)8-11;8-5-7-3-1-6-2-4-7/h3-4,7-8H,5-6H2,1-2H3,(H,18,19,20,21);5-6H,1-4H2. The van der Waals surface area contributed by atoms with Gasteiger partial charge < -0.3 is 10.2 Å². The van der Waals surface area contributed by atoms with Crippen LogP contribution in [0.15, 0.2) is 29.3 Å². The molecule has 4 rings (SSSR count). The van der Waals surface area contributed by atoms with Crippen molar-refractivity contribution in [1.29, 1.82) is 0 Å². The van der Waals surface area contributed by atoms with E-state index in [1.165, 1.54) is 0 Å². The second-order valence-corrected chi connectivity index (χ2v) is 7.79. The van der Waals surface area contributed by atoms with Crippen molar-refractivity contribution < 1.29 is 4.79 Å². The lowest BCUT2D eigenvalue weighted by atomic mass is 10.3. The first kappa shape index (κ1) is 22.3. The molecule has 0 radical (unpaired) electrons. The van der Waals surface area contributed by atoms with Crippen LogP contribution in [0.5, 0.6) is 0 Å². The van der Waals surface area contributed by atoms with Gasteiger partial charge in [-0.3, -0.25) is 15.2 Å². The van der Waals surface area contributed by atoms with Crippen LogP contribution in [-0.2, 0) is 4.79 Å². The van der Waals surface area contributed by atoms with Crippen LogP contribution < -0.4 is 15.8 Å². The number of carbonyl (C=O) groups is 1. The predicted molar refractivity (Wildman–Crippen MR) is 121 cm³/mol. The van der Waals surface area contributed by atoms with Gasteiger partial charge in [-0.2, -0.15) is 0 Å². The van der Waals surface area contributed by atoms with Gasteiger partial charge in [0.15, 0.2) is 5.82 Å². The molecule has 2 aromatic rings. The first-order chi connectivity index (χ1) is 14.4. The quantitative estimate of drug-likeness (QED) is 0.700. The number of benzene rings is 1. The van der Waals surface area contributed by atoms with Crippen LogP contribution in [0.2, 0.25) is 10.0 Å². The average Bonchev–Trinajstić information content (AvgIpc) is 3.19. The largest absolute Gasteiger partial charge is 0.343 e. The van der Waals surface area contributed by atoms with E-state index in [-0.39, 0.29) is 0 Å². The van der Waals surface area contributed by atoms with Crippen molar-refractivity contribution in [2.45, 2.75) is 20.3 Å². The summed E-state index contributed by atoms with van der Waals surface area (Å²) >= 11 is 12.0. The van der Waals surface area contributed by atoms with Gasteiger partial charge in [-0.1, -0.05) is 23.2 Å². The van der Waals surface area contributed by atoms with Gasteiger partial charge >= 0.3 is 0 Å². The maximum absolute atomic E-state index is 10.1. The van der Waals surface area contributed by atoms with E-state index in [0.29, 0.717) is 15.9 Å². The van der Waals surface area contributed by atoms with E-state index in [1.807, 2.05) is 37.1 Å². The molecule has 1 amide bonds. The van der Waals surface area contributed by atoms with Crippen LogP contribution in [0, 0.1) is 13.8 Å². The van der Waals surface area contributed by atoms with Gasteiger partial charge in [0.1, 0.15) is 11.7 Å². The molecule has 2 fully saturated rings. The number of anilines is 1. The van der Waals surface area contributed by atoms with E-state index in [0.717, 1.165) is 68.6 Å². The fourth-order valence-electron chi connectivity index (χ4n) is 3.09. The van der Waals surface area contributed by atoms with E-state index < -0.39 is 0 Å². The number of hydrogen-bond acceptors (Lipinski definition) is 6. The molecule has 2 aliphatic heterocycles. The molecule has 0 atom stereocenters. The Morgan fingerprint density at radius 1 is 1.07 bits per heavy atom. The molecule has 0 unspecified atom stereocenters. The third kappa shape index (κ3) is 6.29. The van der Waals surface area contributed by atoms with Gasteiger partial charge in [-0.15, -0.1) is 0 Å². The highest BCUT2D eigenvalue weighted by atomic mass is 35.5. The molecular formula is C20H25Cl2N7O. The maximum atomic E-state index is 10.1. The zero-order valence-corrected chi connectivity index (χ0v) is 18.5. The second kappa shape index (κ2) is 10.6. The SMILES string of the molecule is Cc1cc(N=C2CCN(c3ccc(Cl)c(Cl)c3)N2)nc(C)n1.O=CN1CCNCC1. The van der Waals surface area contributed by atoms with Gasteiger partial charge in [0.2, 0.25) is 6.41 Å². The van der Waals surface area contributed by atoms with E-state index in [4.69, 9.17) is 23.2 Å². The smallest absolute Gasteiger partial charge is 0.209 e. The summed E-state index contributed by atoms with van der Waals surface area (Å²) in [4.78, 5) is 25.0. The molecule has 30 heavy (non-hydrogen) atoms. The molecule has 3 heterocycles. The monoisotopic (exact) mass is 449 g/mol. The van der Waals surface area contributed by atoms with Crippen molar-refractivity contribution >= 4 is 47.0 Å². The van der Waals surface area contributed by atoms with Crippen LogP contribution in [-0.4, -0.2) is 59.8 Å². The number of aliphatic imine (C=N–C) groups is 1. The van der Waals surface area contributed by atoms with Crippen molar-refractivity contribution in [3.8, 4) is 0 Å². The summed E-state index contributed by atoms with van der Waals surface area (Å²) in [7, 11) is 0. The zero-order valence-electron chi connectivity index (χ0n) is 17.0. The number of halogens is 2. The first-order valence-corrected chi connectivity index (χ1v) is 10.5. The van der Waals surface area contributed by atoms with Crippen LogP contribution in [0.25, 0.3) is 0 Å². The fraction of sp³-hybridized carbons (Fsp3) is 0.400. The number of carbonyl (C=O) groups excluding carboxylic acids is 1. The highest BCUT2D eigenvalue weighted by molar-refractivity contribution is 6.42. The van der Waals surface area contributed by atoms with Crippen molar-refractivity contribution in [3.63, 3.8) is 0 Å². The summed E-state index contributed by atoms with van der Waals surface area (Å²) < 4.78 is 0. The average molecular weight is 450 g/mol. The molecule has 2 saturated heterocycles. The molecule has 10 heteroatoms. The zero-order chi connectivity index (χ0) is 21.5. The number of amidine groups is 1.